The number of rotatable bonds is 7. The van der Waals surface area contributed by atoms with Gasteiger partial charge in [0.1, 0.15) is 0 Å². The largest absolute Gasteiger partial charge is 0.481 e. The first-order valence-corrected chi connectivity index (χ1v) is 8.04. The minimum Gasteiger partial charge on any atom is -0.481 e. The van der Waals surface area contributed by atoms with Crippen LogP contribution < -0.4 is 0 Å². The first kappa shape index (κ1) is 22.4. The number of carbonyl (C=O) groups excluding carboxylic acids is 4. The van der Waals surface area contributed by atoms with Crippen molar-refractivity contribution >= 4 is 29.8 Å². The van der Waals surface area contributed by atoms with Crippen molar-refractivity contribution in [2.75, 3.05) is 6.61 Å². The molecule has 1 N–H and O–H groups in total. The lowest BCUT2D eigenvalue weighted by atomic mass is 9.92. The number of hydrogen-bond donors (Lipinski definition) is 1. The first-order valence-electron chi connectivity index (χ1n) is 8.04. The fraction of sp³-hybridized carbons (Fsp3) is 0.688. The number of aliphatic carboxylic acids is 1. The van der Waals surface area contributed by atoms with E-state index in [4.69, 9.17) is 28.8 Å². The van der Waals surface area contributed by atoms with Gasteiger partial charge in [0.15, 0.2) is 12.2 Å². The average molecular weight is 390 g/mol. The molecule has 0 amide bonds. The van der Waals surface area contributed by atoms with E-state index in [1.165, 1.54) is 0 Å². The number of carboxylic acid groups (broad SMARTS) is 1. The third-order valence-corrected chi connectivity index (χ3v) is 3.51. The highest BCUT2D eigenvalue weighted by atomic mass is 16.8. The Kier molecular flexibility index (Phi) is 7.70. The van der Waals surface area contributed by atoms with Gasteiger partial charge in [-0.25, -0.2) is 0 Å². The van der Waals surface area contributed by atoms with Crippen molar-refractivity contribution in [2.24, 2.45) is 0 Å². The number of hydrogen-bond acceptors (Lipinski definition) is 10. The van der Waals surface area contributed by atoms with Crippen molar-refractivity contribution in [1.82, 2.24) is 0 Å². The van der Waals surface area contributed by atoms with Crippen LogP contribution in [0.1, 0.15) is 40.5 Å². The summed E-state index contributed by atoms with van der Waals surface area (Å²) in [7, 11) is 0. The number of carbonyl (C=O) groups is 5. The molecule has 1 saturated heterocycles. The Morgan fingerprint density at radius 3 is 1.93 bits per heavy atom. The van der Waals surface area contributed by atoms with Gasteiger partial charge in [-0.3, -0.25) is 24.0 Å². The highest BCUT2D eigenvalue weighted by Crippen LogP contribution is 2.37. The number of carboxylic acids is 1. The molecule has 0 bridgehead atoms. The Bertz CT molecular complexity index is 613. The van der Waals surface area contributed by atoms with Crippen molar-refractivity contribution in [1.29, 1.82) is 0 Å². The Labute approximate surface area is 154 Å². The van der Waals surface area contributed by atoms with Crippen molar-refractivity contribution in [3.63, 3.8) is 0 Å². The quantitative estimate of drug-likeness (QED) is 0.459. The molecule has 1 aliphatic heterocycles. The molecular weight excluding hydrogens is 368 g/mol. The molecule has 1 fully saturated rings. The summed E-state index contributed by atoms with van der Waals surface area (Å²) in [5.41, 5.74) is 0. The van der Waals surface area contributed by atoms with Crippen LogP contribution in [0.25, 0.3) is 0 Å². The molecule has 0 aromatic heterocycles. The van der Waals surface area contributed by atoms with E-state index in [2.05, 4.69) is 0 Å². The summed E-state index contributed by atoms with van der Waals surface area (Å²) in [6.45, 7) is 3.91. The molecule has 11 heteroatoms. The van der Waals surface area contributed by atoms with Crippen LogP contribution in [0.3, 0.4) is 0 Å². The fourth-order valence-corrected chi connectivity index (χ4v) is 2.70. The minimum absolute atomic E-state index is 0.387. The minimum atomic E-state index is -2.04. The predicted molar refractivity (Wildman–Crippen MR) is 84.0 cm³/mol. The van der Waals surface area contributed by atoms with E-state index in [0.29, 0.717) is 0 Å². The Balaban J connectivity index is 3.37. The zero-order chi connectivity index (χ0) is 20.8. The van der Waals surface area contributed by atoms with Gasteiger partial charge in [0.25, 0.3) is 5.79 Å². The van der Waals surface area contributed by atoms with Crippen LogP contribution in [0, 0.1) is 0 Å². The molecule has 0 aromatic carbocycles. The average Bonchev–Trinajstić information content (AvgIpc) is 2.49. The number of esters is 4. The lowest BCUT2D eigenvalue weighted by molar-refractivity contribution is -0.331. The van der Waals surface area contributed by atoms with Gasteiger partial charge in [-0.2, -0.15) is 0 Å². The molecule has 0 spiro atoms. The van der Waals surface area contributed by atoms with E-state index >= 15 is 0 Å². The van der Waals surface area contributed by atoms with E-state index < -0.39 is 66.8 Å². The second-order valence-corrected chi connectivity index (χ2v) is 5.86. The molecule has 0 aliphatic carbocycles. The second kappa shape index (κ2) is 9.31. The zero-order valence-electron chi connectivity index (χ0n) is 15.4. The predicted octanol–water partition coefficient (Wildman–Crippen LogP) is -0.0641. The Morgan fingerprint density at radius 2 is 1.48 bits per heavy atom. The molecule has 0 aromatic rings. The molecule has 11 nitrogen and oxygen atoms in total. The van der Waals surface area contributed by atoms with Crippen LogP contribution in [0.2, 0.25) is 0 Å². The van der Waals surface area contributed by atoms with Gasteiger partial charge in [0.05, 0.1) is 13.0 Å². The maximum Gasteiger partial charge on any atom is 0.305 e. The number of ether oxygens (including phenoxy) is 5. The zero-order valence-corrected chi connectivity index (χ0v) is 15.4. The van der Waals surface area contributed by atoms with E-state index in [0.717, 1.165) is 27.7 Å². The highest BCUT2D eigenvalue weighted by molar-refractivity contribution is 5.70. The summed E-state index contributed by atoms with van der Waals surface area (Å²) in [5.74, 6) is -6.44. The van der Waals surface area contributed by atoms with Crippen LogP contribution >= 0.6 is 0 Å². The standard InChI is InChI=1S/C16H22O11/c1-8(17)24-12-7-23-16(27-11(4)20,6-5-13(21)22)15(26-10(3)19)14(12)25-9(2)18/h12,14-15H,5-7H2,1-4H3,(H,21,22)/t12-,14+,15+,16-/m1/s1. The maximum absolute atomic E-state index is 11.6. The van der Waals surface area contributed by atoms with Gasteiger partial charge in [-0.05, 0) is 0 Å². The van der Waals surface area contributed by atoms with Crippen LogP contribution in [0.5, 0.6) is 0 Å². The van der Waals surface area contributed by atoms with Crippen LogP contribution in [-0.2, 0) is 47.7 Å². The summed E-state index contributed by atoms with van der Waals surface area (Å²) < 4.78 is 26.1. The lowest BCUT2D eigenvalue weighted by Crippen LogP contribution is -2.65. The van der Waals surface area contributed by atoms with Gasteiger partial charge in [-0.1, -0.05) is 0 Å². The van der Waals surface area contributed by atoms with Crippen molar-refractivity contribution in [2.45, 2.75) is 64.6 Å². The lowest BCUT2D eigenvalue weighted by Gasteiger charge is -2.47. The summed E-state index contributed by atoms with van der Waals surface area (Å²) >= 11 is 0. The van der Waals surface area contributed by atoms with Gasteiger partial charge < -0.3 is 28.8 Å². The summed E-state index contributed by atoms with van der Waals surface area (Å²) in [5, 5.41) is 8.98. The fourth-order valence-electron chi connectivity index (χ4n) is 2.70. The van der Waals surface area contributed by atoms with Crippen LogP contribution in [0.15, 0.2) is 0 Å². The van der Waals surface area contributed by atoms with Gasteiger partial charge in [0, 0.05) is 34.1 Å². The first-order chi connectivity index (χ1) is 12.5. The van der Waals surface area contributed by atoms with Crippen LogP contribution in [-0.4, -0.2) is 65.7 Å². The normalized spacial score (nSPS) is 27.2. The molecule has 1 heterocycles. The summed E-state index contributed by atoms with van der Waals surface area (Å²) in [4.78, 5) is 57.1. The molecule has 1 aliphatic rings. The van der Waals surface area contributed by atoms with Gasteiger partial charge in [0.2, 0.25) is 6.10 Å². The molecule has 1 rings (SSSR count). The molecule has 0 radical (unpaired) electrons. The monoisotopic (exact) mass is 390 g/mol. The second-order valence-electron chi connectivity index (χ2n) is 5.86. The molecule has 0 unspecified atom stereocenters. The van der Waals surface area contributed by atoms with E-state index in [-0.39, 0.29) is 6.61 Å². The maximum atomic E-state index is 11.6. The molecule has 0 saturated carbocycles. The highest BCUT2D eigenvalue weighted by Gasteiger charge is 2.58. The van der Waals surface area contributed by atoms with Crippen molar-refractivity contribution < 1.29 is 52.8 Å². The molecule has 27 heavy (non-hydrogen) atoms. The topological polar surface area (TPSA) is 152 Å². The van der Waals surface area contributed by atoms with E-state index in [9.17, 15) is 24.0 Å². The molecule has 152 valence electrons. The van der Waals surface area contributed by atoms with Crippen molar-refractivity contribution in [3.8, 4) is 0 Å². The SMILES string of the molecule is CC(=O)O[C@H]1[C@H](OC(C)=O)CO[C@](CCC(=O)O)(OC(C)=O)[C@H]1OC(C)=O. The Hall–Kier alpha value is -2.69. The van der Waals surface area contributed by atoms with Crippen LogP contribution in [0.4, 0.5) is 0 Å². The van der Waals surface area contributed by atoms with Gasteiger partial charge >= 0.3 is 29.8 Å². The van der Waals surface area contributed by atoms with Gasteiger partial charge in [-0.15, -0.1) is 0 Å². The third-order valence-electron chi connectivity index (χ3n) is 3.51. The third kappa shape index (κ3) is 6.51. The summed E-state index contributed by atoms with van der Waals surface area (Å²) in [6.07, 6.45) is -5.00. The summed E-state index contributed by atoms with van der Waals surface area (Å²) in [6, 6.07) is 0. The van der Waals surface area contributed by atoms with Crippen molar-refractivity contribution in [3.05, 3.63) is 0 Å². The van der Waals surface area contributed by atoms with E-state index in [1.807, 2.05) is 0 Å². The smallest absolute Gasteiger partial charge is 0.305 e. The van der Waals surface area contributed by atoms with E-state index in [1.54, 1.807) is 0 Å². The molecule has 4 atom stereocenters. The molecular formula is C16H22O11. The Morgan fingerprint density at radius 1 is 0.926 bits per heavy atom.